The van der Waals surface area contributed by atoms with Gasteiger partial charge in [-0.05, 0) is 47.7 Å². The van der Waals surface area contributed by atoms with E-state index in [0.717, 1.165) is 29.5 Å². The topological polar surface area (TPSA) is 49.4 Å². The van der Waals surface area contributed by atoms with Gasteiger partial charge in [-0.25, -0.2) is 0 Å². The van der Waals surface area contributed by atoms with Gasteiger partial charge in [-0.3, -0.25) is 9.59 Å². The summed E-state index contributed by atoms with van der Waals surface area (Å²) in [6, 6.07) is 21.8. The fourth-order valence-electron chi connectivity index (χ4n) is 3.98. The fraction of sp³-hybridized carbons (Fsp3) is 0.310. The number of rotatable bonds is 12. The van der Waals surface area contributed by atoms with Gasteiger partial charge in [-0.2, -0.15) is 0 Å². The van der Waals surface area contributed by atoms with Crippen LogP contribution < -0.4 is 5.32 Å². The highest BCUT2D eigenvalue weighted by Gasteiger charge is 2.30. The third-order valence-corrected chi connectivity index (χ3v) is 7.11. The summed E-state index contributed by atoms with van der Waals surface area (Å²) in [5.74, 6) is -0.300. The number of carbonyl (C=O) groups is 2. The molecule has 0 aliphatic carbocycles. The molecule has 0 radical (unpaired) electrons. The SMILES string of the molecule is CCCCNC(=O)[C@@H](Cc1ccccc1)N(Cc1ccc(Cl)c(Cl)c1)C(=O)CCc1ccccc1Cl. The first-order valence-electron chi connectivity index (χ1n) is 12.2. The van der Waals surface area contributed by atoms with Crippen molar-refractivity contribution in [3.8, 4) is 0 Å². The van der Waals surface area contributed by atoms with Crippen molar-refractivity contribution in [2.45, 2.75) is 51.6 Å². The van der Waals surface area contributed by atoms with Crippen molar-refractivity contribution in [2.75, 3.05) is 6.54 Å². The number of halogens is 3. The molecule has 3 rings (SSSR count). The first kappa shape index (κ1) is 28.0. The van der Waals surface area contributed by atoms with Crippen LogP contribution in [0.15, 0.2) is 72.8 Å². The molecule has 0 spiro atoms. The summed E-state index contributed by atoms with van der Waals surface area (Å²) in [5.41, 5.74) is 2.68. The Morgan fingerprint density at radius 3 is 2.28 bits per heavy atom. The first-order chi connectivity index (χ1) is 17.4. The van der Waals surface area contributed by atoms with Crippen LogP contribution in [0.4, 0.5) is 0 Å². The van der Waals surface area contributed by atoms with E-state index in [-0.39, 0.29) is 24.8 Å². The van der Waals surface area contributed by atoms with Gasteiger partial charge < -0.3 is 10.2 Å². The summed E-state index contributed by atoms with van der Waals surface area (Å²) in [7, 11) is 0. The molecule has 3 aromatic carbocycles. The van der Waals surface area contributed by atoms with Crippen LogP contribution in [0.5, 0.6) is 0 Å². The van der Waals surface area contributed by atoms with Crippen molar-refractivity contribution in [3.05, 3.63) is 105 Å². The maximum Gasteiger partial charge on any atom is 0.243 e. The maximum absolute atomic E-state index is 13.7. The third kappa shape index (κ3) is 8.26. The van der Waals surface area contributed by atoms with Crippen LogP contribution >= 0.6 is 34.8 Å². The Kier molecular flexibility index (Phi) is 11.1. The molecule has 0 heterocycles. The van der Waals surface area contributed by atoms with Gasteiger partial charge in [0.15, 0.2) is 0 Å². The molecule has 1 atom stereocenters. The van der Waals surface area contributed by atoms with Crippen LogP contribution in [-0.2, 0) is 29.0 Å². The van der Waals surface area contributed by atoms with Gasteiger partial charge in [0.1, 0.15) is 6.04 Å². The van der Waals surface area contributed by atoms with Crippen molar-refractivity contribution in [3.63, 3.8) is 0 Å². The molecule has 36 heavy (non-hydrogen) atoms. The molecule has 4 nitrogen and oxygen atoms in total. The van der Waals surface area contributed by atoms with E-state index in [0.29, 0.717) is 34.5 Å². The minimum Gasteiger partial charge on any atom is -0.354 e. The fourth-order valence-corrected chi connectivity index (χ4v) is 4.53. The lowest BCUT2D eigenvalue weighted by Crippen LogP contribution is -2.50. The van der Waals surface area contributed by atoms with Crippen molar-refractivity contribution in [2.24, 2.45) is 0 Å². The Labute approximate surface area is 228 Å². The smallest absolute Gasteiger partial charge is 0.243 e. The maximum atomic E-state index is 13.7. The number of unbranched alkanes of at least 4 members (excludes halogenated alkanes) is 1. The minimum absolute atomic E-state index is 0.132. The number of nitrogens with one attached hydrogen (secondary N) is 1. The number of benzene rings is 3. The van der Waals surface area contributed by atoms with Crippen LogP contribution in [0.3, 0.4) is 0 Å². The Morgan fingerprint density at radius 2 is 1.58 bits per heavy atom. The van der Waals surface area contributed by atoms with E-state index in [9.17, 15) is 9.59 Å². The largest absolute Gasteiger partial charge is 0.354 e. The molecule has 0 bridgehead atoms. The summed E-state index contributed by atoms with van der Waals surface area (Å²) < 4.78 is 0. The molecule has 7 heteroatoms. The van der Waals surface area contributed by atoms with E-state index in [2.05, 4.69) is 12.2 Å². The lowest BCUT2D eigenvalue weighted by Gasteiger charge is -2.32. The molecule has 1 N–H and O–H groups in total. The number of hydrogen-bond donors (Lipinski definition) is 1. The molecule has 0 aromatic heterocycles. The van der Waals surface area contributed by atoms with Crippen molar-refractivity contribution < 1.29 is 9.59 Å². The van der Waals surface area contributed by atoms with Crippen LogP contribution in [0.25, 0.3) is 0 Å². The molecule has 2 amide bonds. The zero-order valence-corrected chi connectivity index (χ0v) is 22.6. The van der Waals surface area contributed by atoms with Crippen molar-refractivity contribution in [1.82, 2.24) is 10.2 Å². The highest BCUT2D eigenvalue weighted by Crippen LogP contribution is 2.25. The van der Waals surface area contributed by atoms with E-state index in [1.54, 1.807) is 17.0 Å². The Bertz CT molecular complexity index is 1150. The Morgan fingerprint density at radius 1 is 0.861 bits per heavy atom. The second-order valence-corrected chi connectivity index (χ2v) is 9.93. The van der Waals surface area contributed by atoms with E-state index in [1.807, 2.05) is 60.7 Å². The molecule has 0 aliphatic heterocycles. The molecule has 0 aliphatic rings. The van der Waals surface area contributed by atoms with Gasteiger partial charge in [0, 0.05) is 31.0 Å². The van der Waals surface area contributed by atoms with Gasteiger partial charge in [-0.1, -0.05) is 103 Å². The third-order valence-electron chi connectivity index (χ3n) is 6.00. The van der Waals surface area contributed by atoms with Gasteiger partial charge >= 0.3 is 0 Å². The molecular formula is C29H31Cl3N2O2. The summed E-state index contributed by atoms with van der Waals surface area (Å²) >= 11 is 18.7. The summed E-state index contributed by atoms with van der Waals surface area (Å²) in [5, 5.41) is 4.50. The van der Waals surface area contributed by atoms with E-state index >= 15 is 0 Å². The number of nitrogens with zero attached hydrogens (tertiary/aromatic N) is 1. The predicted molar refractivity (Wildman–Crippen MR) is 149 cm³/mol. The minimum atomic E-state index is -0.683. The van der Waals surface area contributed by atoms with Crippen molar-refractivity contribution >= 4 is 46.6 Å². The number of carbonyl (C=O) groups excluding carboxylic acids is 2. The summed E-state index contributed by atoms with van der Waals surface area (Å²) in [4.78, 5) is 28.8. The van der Waals surface area contributed by atoms with Crippen molar-refractivity contribution in [1.29, 1.82) is 0 Å². The molecule has 190 valence electrons. The van der Waals surface area contributed by atoms with Gasteiger partial charge in [-0.15, -0.1) is 0 Å². The number of amides is 2. The van der Waals surface area contributed by atoms with Crippen LogP contribution in [-0.4, -0.2) is 29.3 Å². The monoisotopic (exact) mass is 544 g/mol. The average molecular weight is 546 g/mol. The molecule has 3 aromatic rings. The highest BCUT2D eigenvalue weighted by atomic mass is 35.5. The normalized spacial score (nSPS) is 11.7. The summed E-state index contributed by atoms with van der Waals surface area (Å²) in [6.45, 7) is 2.87. The van der Waals surface area contributed by atoms with Crippen LogP contribution in [0.1, 0.15) is 42.9 Å². The first-order valence-corrected chi connectivity index (χ1v) is 13.3. The molecule has 0 unspecified atom stereocenters. The lowest BCUT2D eigenvalue weighted by atomic mass is 10.0. The lowest BCUT2D eigenvalue weighted by molar-refractivity contribution is -0.141. The Hall–Kier alpha value is -2.53. The predicted octanol–water partition coefficient (Wildman–Crippen LogP) is 7.14. The van der Waals surface area contributed by atoms with E-state index < -0.39 is 6.04 Å². The zero-order valence-electron chi connectivity index (χ0n) is 20.4. The number of hydrogen-bond acceptors (Lipinski definition) is 2. The van der Waals surface area contributed by atoms with E-state index in [4.69, 9.17) is 34.8 Å². The molecule has 0 saturated carbocycles. The van der Waals surface area contributed by atoms with Gasteiger partial charge in [0.25, 0.3) is 0 Å². The van der Waals surface area contributed by atoms with Gasteiger partial charge in [0.05, 0.1) is 10.0 Å². The highest BCUT2D eigenvalue weighted by molar-refractivity contribution is 6.42. The van der Waals surface area contributed by atoms with Crippen LogP contribution in [0, 0.1) is 0 Å². The second kappa shape index (κ2) is 14.3. The van der Waals surface area contributed by atoms with E-state index in [1.165, 1.54) is 0 Å². The quantitative estimate of drug-likeness (QED) is 0.246. The molecular weight excluding hydrogens is 515 g/mol. The molecule has 0 fully saturated rings. The zero-order chi connectivity index (χ0) is 25.9. The second-order valence-electron chi connectivity index (χ2n) is 8.71. The molecule has 0 saturated heterocycles. The summed E-state index contributed by atoms with van der Waals surface area (Å²) in [6.07, 6.45) is 2.94. The van der Waals surface area contributed by atoms with Crippen LogP contribution in [0.2, 0.25) is 15.1 Å². The van der Waals surface area contributed by atoms with Gasteiger partial charge in [0.2, 0.25) is 11.8 Å². The standard InChI is InChI=1S/C29H31Cl3N2O2/c1-2-3-17-33-29(36)27(19-21-9-5-4-6-10-21)34(20-22-13-15-25(31)26(32)18-22)28(35)16-14-23-11-7-8-12-24(23)30/h4-13,15,18,27H,2-3,14,16-17,19-20H2,1H3,(H,33,36)/t27-/m1/s1. The average Bonchev–Trinajstić information content (AvgIpc) is 2.88. The Balaban J connectivity index is 1.91. The number of aryl methyl sites for hydroxylation is 1.